The number of esters is 1. The SMILES string of the molecule is CCOC(=O)c1cnn(C)c1NC(=O)CN(CC)CC(=O)Nc1cccc(OC)c1. The van der Waals surface area contributed by atoms with Crippen molar-refractivity contribution in [1.29, 1.82) is 0 Å². The maximum absolute atomic E-state index is 12.5. The molecule has 10 nitrogen and oxygen atoms in total. The summed E-state index contributed by atoms with van der Waals surface area (Å²) < 4.78 is 11.5. The van der Waals surface area contributed by atoms with Crippen molar-refractivity contribution in [2.24, 2.45) is 7.05 Å². The van der Waals surface area contributed by atoms with Crippen molar-refractivity contribution >= 4 is 29.3 Å². The van der Waals surface area contributed by atoms with Crippen LogP contribution in [0.3, 0.4) is 0 Å². The first kappa shape index (κ1) is 22.9. The summed E-state index contributed by atoms with van der Waals surface area (Å²) in [6.07, 6.45) is 1.34. The number of nitrogens with zero attached hydrogens (tertiary/aromatic N) is 3. The molecule has 1 aromatic carbocycles. The number of hydrogen-bond donors (Lipinski definition) is 2. The van der Waals surface area contributed by atoms with Gasteiger partial charge in [-0.15, -0.1) is 0 Å². The van der Waals surface area contributed by atoms with Crippen LogP contribution >= 0.6 is 0 Å². The highest BCUT2D eigenvalue weighted by molar-refractivity contribution is 6.01. The lowest BCUT2D eigenvalue weighted by Gasteiger charge is -2.19. The molecule has 2 amide bonds. The number of aryl methyl sites for hydroxylation is 1. The smallest absolute Gasteiger partial charge is 0.343 e. The van der Waals surface area contributed by atoms with Gasteiger partial charge >= 0.3 is 5.97 Å². The van der Waals surface area contributed by atoms with Crippen LogP contribution in [0.1, 0.15) is 24.2 Å². The molecule has 0 unspecified atom stereocenters. The molecule has 0 aliphatic heterocycles. The molecule has 0 saturated heterocycles. The molecule has 30 heavy (non-hydrogen) atoms. The zero-order valence-electron chi connectivity index (χ0n) is 17.6. The molecule has 2 N–H and O–H groups in total. The highest BCUT2D eigenvalue weighted by atomic mass is 16.5. The van der Waals surface area contributed by atoms with Crippen LogP contribution in [0.5, 0.6) is 5.75 Å². The Balaban J connectivity index is 1.95. The molecule has 0 atom stereocenters. The zero-order chi connectivity index (χ0) is 22.1. The topological polar surface area (TPSA) is 115 Å². The van der Waals surface area contributed by atoms with Crippen molar-refractivity contribution in [3.63, 3.8) is 0 Å². The molecule has 0 spiro atoms. The number of hydrogen-bond acceptors (Lipinski definition) is 7. The average molecular weight is 417 g/mol. The standard InChI is InChI=1S/C20H27N5O5/c1-5-25(12-17(26)22-14-8-7-9-15(10-14)29-4)13-18(27)23-19-16(11-21-24(19)3)20(28)30-6-2/h7-11H,5-6,12-13H2,1-4H3,(H,22,26)(H,23,27). The van der Waals surface area contributed by atoms with Crippen LogP contribution in [0.15, 0.2) is 30.5 Å². The largest absolute Gasteiger partial charge is 0.497 e. The first-order valence-electron chi connectivity index (χ1n) is 9.53. The van der Waals surface area contributed by atoms with Gasteiger partial charge in [0, 0.05) is 18.8 Å². The first-order valence-corrected chi connectivity index (χ1v) is 9.53. The predicted molar refractivity (Wildman–Crippen MR) is 112 cm³/mol. The minimum atomic E-state index is -0.564. The Bertz CT molecular complexity index is 895. The second-order valence-electron chi connectivity index (χ2n) is 6.38. The molecule has 0 aliphatic rings. The highest BCUT2D eigenvalue weighted by Crippen LogP contribution is 2.17. The number of carbonyl (C=O) groups excluding carboxylic acids is 3. The van der Waals surface area contributed by atoms with E-state index in [2.05, 4.69) is 15.7 Å². The van der Waals surface area contributed by atoms with E-state index in [9.17, 15) is 14.4 Å². The van der Waals surface area contributed by atoms with Gasteiger partial charge in [0.25, 0.3) is 0 Å². The zero-order valence-corrected chi connectivity index (χ0v) is 17.6. The minimum absolute atomic E-state index is 0.0250. The van der Waals surface area contributed by atoms with E-state index >= 15 is 0 Å². The highest BCUT2D eigenvalue weighted by Gasteiger charge is 2.20. The Labute approximate surface area is 175 Å². The number of nitrogens with one attached hydrogen (secondary N) is 2. The third-order valence-corrected chi connectivity index (χ3v) is 4.23. The number of benzene rings is 1. The molecule has 2 rings (SSSR count). The summed E-state index contributed by atoms with van der Waals surface area (Å²) in [4.78, 5) is 38.5. The number of ether oxygens (including phenoxy) is 2. The number of methoxy groups -OCH3 is 1. The van der Waals surface area contributed by atoms with Gasteiger partial charge in [-0.2, -0.15) is 5.10 Å². The maximum atomic E-state index is 12.5. The summed E-state index contributed by atoms with van der Waals surface area (Å²) >= 11 is 0. The fourth-order valence-corrected chi connectivity index (χ4v) is 2.70. The summed E-state index contributed by atoms with van der Waals surface area (Å²) in [5.74, 6) is -0.319. The molecule has 162 valence electrons. The van der Waals surface area contributed by atoms with E-state index < -0.39 is 5.97 Å². The van der Waals surface area contributed by atoms with Crippen molar-refractivity contribution in [2.75, 3.05) is 44.0 Å². The van der Waals surface area contributed by atoms with Gasteiger partial charge in [0.2, 0.25) is 11.8 Å². The Hall–Kier alpha value is -3.40. The van der Waals surface area contributed by atoms with Gasteiger partial charge in [0.15, 0.2) is 0 Å². The van der Waals surface area contributed by atoms with E-state index in [0.29, 0.717) is 18.0 Å². The lowest BCUT2D eigenvalue weighted by Crippen LogP contribution is -2.39. The number of likely N-dealkylation sites (N-methyl/N-ethyl adjacent to an activating group) is 1. The summed E-state index contributed by atoms with van der Waals surface area (Å²) in [5.41, 5.74) is 0.778. The normalized spacial score (nSPS) is 10.6. The van der Waals surface area contributed by atoms with Crippen molar-refractivity contribution in [3.05, 3.63) is 36.0 Å². The van der Waals surface area contributed by atoms with Gasteiger partial charge in [-0.25, -0.2) is 4.79 Å². The number of aromatic nitrogens is 2. The van der Waals surface area contributed by atoms with Crippen LogP contribution in [0.25, 0.3) is 0 Å². The van der Waals surface area contributed by atoms with Crippen LogP contribution in [-0.2, 0) is 21.4 Å². The van der Waals surface area contributed by atoms with E-state index in [0.717, 1.165) is 0 Å². The van der Waals surface area contributed by atoms with Gasteiger partial charge in [0.05, 0.1) is 33.0 Å². The third kappa shape index (κ3) is 6.31. The molecule has 0 radical (unpaired) electrons. The number of anilines is 2. The molecule has 1 heterocycles. The average Bonchev–Trinajstić information content (AvgIpc) is 3.08. The van der Waals surface area contributed by atoms with Crippen LogP contribution in [-0.4, -0.2) is 65.8 Å². The summed E-state index contributed by atoms with van der Waals surface area (Å²) in [5, 5.41) is 9.45. The number of amides is 2. The molecular weight excluding hydrogens is 390 g/mol. The first-order chi connectivity index (χ1) is 14.4. The van der Waals surface area contributed by atoms with Crippen LogP contribution < -0.4 is 15.4 Å². The van der Waals surface area contributed by atoms with Gasteiger partial charge in [-0.1, -0.05) is 13.0 Å². The fraction of sp³-hybridized carbons (Fsp3) is 0.400. The minimum Gasteiger partial charge on any atom is -0.497 e. The Morgan fingerprint density at radius 1 is 1.13 bits per heavy atom. The van der Waals surface area contributed by atoms with Gasteiger partial charge in [-0.3, -0.25) is 19.2 Å². The van der Waals surface area contributed by atoms with E-state index in [1.807, 2.05) is 6.92 Å². The summed E-state index contributed by atoms with van der Waals surface area (Å²) in [7, 11) is 3.16. The van der Waals surface area contributed by atoms with Gasteiger partial charge in [0.1, 0.15) is 17.1 Å². The Morgan fingerprint density at radius 3 is 2.47 bits per heavy atom. The Morgan fingerprint density at radius 2 is 1.83 bits per heavy atom. The quantitative estimate of drug-likeness (QED) is 0.563. The molecular formula is C20H27N5O5. The summed E-state index contributed by atoms with van der Waals surface area (Å²) in [6, 6.07) is 7.01. The van der Waals surface area contributed by atoms with Crippen LogP contribution in [0.4, 0.5) is 11.5 Å². The molecule has 1 aromatic heterocycles. The Kier molecular flexibility index (Phi) is 8.36. The van der Waals surface area contributed by atoms with E-state index in [4.69, 9.17) is 9.47 Å². The van der Waals surface area contributed by atoms with Crippen molar-refractivity contribution < 1.29 is 23.9 Å². The van der Waals surface area contributed by atoms with E-state index in [1.54, 1.807) is 50.2 Å². The van der Waals surface area contributed by atoms with Crippen molar-refractivity contribution in [2.45, 2.75) is 13.8 Å². The van der Waals surface area contributed by atoms with Crippen LogP contribution in [0.2, 0.25) is 0 Å². The molecule has 0 aliphatic carbocycles. The third-order valence-electron chi connectivity index (χ3n) is 4.23. The monoisotopic (exact) mass is 417 g/mol. The van der Waals surface area contributed by atoms with E-state index in [-0.39, 0.29) is 42.9 Å². The van der Waals surface area contributed by atoms with Gasteiger partial charge < -0.3 is 20.1 Å². The second-order valence-corrected chi connectivity index (χ2v) is 6.38. The van der Waals surface area contributed by atoms with Crippen LogP contribution in [0, 0.1) is 0 Å². The fourth-order valence-electron chi connectivity index (χ4n) is 2.70. The number of carbonyl (C=O) groups is 3. The number of rotatable bonds is 10. The molecule has 10 heteroatoms. The van der Waals surface area contributed by atoms with Gasteiger partial charge in [-0.05, 0) is 25.6 Å². The van der Waals surface area contributed by atoms with E-state index in [1.165, 1.54) is 10.9 Å². The predicted octanol–water partition coefficient (Wildman–Crippen LogP) is 1.50. The second kappa shape index (κ2) is 11.0. The lowest BCUT2D eigenvalue weighted by molar-refractivity contribution is -0.119. The van der Waals surface area contributed by atoms with Crippen molar-refractivity contribution in [3.8, 4) is 5.75 Å². The molecule has 2 aromatic rings. The maximum Gasteiger partial charge on any atom is 0.343 e. The molecule has 0 bridgehead atoms. The van der Waals surface area contributed by atoms with Crippen molar-refractivity contribution in [1.82, 2.24) is 14.7 Å². The summed E-state index contributed by atoms with van der Waals surface area (Å²) in [6.45, 7) is 4.23. The lowest BCUT2D eigenvalue weighted by atomic mass is 10.3. The molecule has 0 fully saturated rings. The molecule has 0 saturated carbocycles.